The highest BCUT2D eigenvalue weighted by atomic mass is 19.4. The Bertz CT molecular complexity index is 1310. The third kappa shape index (κ3) is 4.59. The molecule has 2 aliphatic heterocycles. The van der Waals surface area contributed by atoms with Crippen LogP contribution in [0.4, 0.5) is 24.9 Å². The van der Waals surface area contributed by atoms with E-state index in [0.717, 1.165) is 43.7 Å². The summed E-state index contributed by atoms with van der Waals surface area (Å²) in [4.78, 5) is 24.4. The molecule has 38 heavy (non-hydrogen) atoms. The summed E-state index contributed by atoms with van der Waals surface area (Å²) in [5, 5.41) is 3.85. The summed E-state index contributed by atoms with van der Waals surface area (Å²) in [6.45, 7) is 1.32. The number of oxazole rings is 1. The number of hydrogen-bond acceptors (Lipinski definition) is 7. The lowest BCUT2D eigenvalue weighted by Gasteiger charge is -2.55. The van der Waals surface area contributed by atoms with Gasteiger partial charge in [0.15, 0.2) is 5.76 Å². The minimum atomic E-state index is -4.46. The first kappa shape index (κ1) is 24.7. The predicted octanol–water partition coefficient (Wildman–Crippen LogP) is 4.22. The maximum absolute atomic E-state index is 13.0. The summed E-state index contributed by atoms with van der Waals surface area (Å²) in [5.41, 5.74) is 6.39. The first-order chi connectivity index (χ1) is 18.3. The summed E-state index contributed by atoms with van der Waals surface area (Å²) < 4.78 is 45.3. The highest BCUT2D eigenvalue weighted by Crippen LogP contribution is 2.38. The summed E-state index contributed by atoms with van der Waals surface area (Å²) >= 11 is 0. The number of nitrogens with two attached hydrogens (primary N) is 1. The number of aromatic nitrogens is 2. The lowest BCUT2D eigenvalue weighted by atomic mass is 9.82. The van der Waals surface area contributed by atoms with Gasteiger partial charge in [0.25, 0.3) is 6.01 Å². The van der Waals surface area contributed by atoms with Gasteiger partial charge < -0.3 is 25.3 Å². The fourth-order valence-corrected chi connectivity index (χ4v) is 6.20. The molecule has 0 bridgehead atoms. The van der Waals surface area contributed by atoms with Crippen LogP contribution in [0.3, 0.4) is 0 Å². The van der Waals surface area contributed by atoms with E-state index < -0.39 is 17.8 Å². The molecule has 200 valence electrons. The molecule has 1 saturated carbocycles. The topological polar surface area (TPSA) is 101 Å². The van der Waals surface area contributed by atoms with Crippen molar-refractivity contribution in [3.8, 4) is 11.3 Å². The average molecular weight is 527 g/mol. The van der Waals surface area contributed by atoms with E-state index in [1.165, 1.54) is 12.3 Å². The quantitative estimate of drug-likeness (QED) is 0.525. The Morgan fingerprint density at radius 1 is 1.03 bits per heavy atom. The van der Waals surface area contributed by atoms with E-state index in [1.54, 1.807) is 24.4 Å². The molecule has 3 aromatic rings. The predicted molar refractivity (Wildman–Crippen MR) is 136 cm³/mol. The molecule has 1 aromatic carbocycles. The van der Waals surface area contributed by atoms with Crippen LogP contribution in [0.15, 0.2) is 53.2 Å². The van der Waals surface area contributed by atoms with Crippen LogP contribution in [0.1, 0.15) is 48.2 Å². The standard InChI is InChI=1S/C27H29F3N6O2/c28-27(29,30)24-9-8-18(13-32-24)35-11-10-22-20(15-35)34-19-6-1-2-7-21(19)36(22)26-33-14-23(38-26)16-4-3-5-17(12-16)25(31)37/h3-5,8-9,12-14,19-22,34H,1-2,6-7,10-11,15H2,(H2,31,37). The Hall–Kier alpha value is -3.60. The Kier molecular flexibility index (Phi) is 6.25. The van der Waals surface area contributed by atoms with Crippen molar-refractivity contribution in [2.24, 2.45) is 5.73 Å². The van der Waals surface area contributed by atoms with Gasteiger partial charge in [0, 0.05) is 42.3 Å². The number of carbonyl (C=O) groups is 1. The molecule has 11 heteroatoms. The molecule has 4 atom stereocenters. The van der Waals surface area contributed by atoms with Crippen molar-refractivity contribution in [1.29, 1.82) is 0 Å². The molecule has 1 aliphatic carbocycles. The number of amides is 1. The number of anilines is 2. The van der Waals surface area contributed by atoms with Crippen molar-refractivity contribution in [1.82, 2.24) is 15.3 Å². The smallest absolute Gasteiger partial charge is 0.423 e. The van der Waals surface area contributed by atoms with E-state index in [9.17, 15) is 18.0 Å². The average Bonchev–Trinajstić information content (AvgIpc) is 3.41. The fourth-order valence-electron chi connectivity index (χ4n) is 6.20. The number of hydrogen-bond donors (Lipinski definition) is 2. The van der Waals surface area contributed by atoms with Crippen molar-refractivity contribution in [3.63, 3.8) is 0 Å². The van der Waals surface area contributed by atoms with Gasteiger partial charge >= 0.3 is 6.18 Å². The lowest BCUT2D eigenvalue weighted by Crippen LogP contribution is -2.72. The van der Waals surface area contributed by atoms with Gasteiger partial charge in [-0.25, -0.2) is 9.97 Å². The minimum Gasteiger partial charge on any atom is -0.423 e. The van der Waals surface area contributed by atoms with Crippen molar-refractivity contribution < 1.29 is 22.4 Å². The van der Waals surface area contributed by atoms with E-state index in [4.69, 9.17) is 10.2 Å². The van der Waals surface area contributed by atoms with Gasteiger partial charge in [-0.15, -0.1) is 0 Å². The molecule has 0 radical (unpaired) electrons. The summed E-state index contributed by atoms with van der Waals surface area (Å²) in [7, 11) is 0. The van der Waals surface area contributed by atoms with Crippen LogP contribution in [0.25, 0.3) is 11.3 Å². The molecule has 4 unspecified atom stereocenters. The first-order valence-electron chi connectivity index (χ1n) is 13.0. The van der Waals surface area contributed by atoms with Crippen molar-refractivity contribution in [2.45, 2.75) is 62.4 Å². The van der Waals surface area contributed by atoms with Gasteiger partial charge in [-0.2, -0.15) is 13.2 Å². The van der Waals surface area contributed by atoms with Gasteiger partial charge in [0.05, 0.1) is 24.1 Å². The van der Waals surface area contributed by atoms with Gasteiger partial charge in [-0.05, 0) is 43.5 Å². The van der Waals surface area contributed by atoms with Crippen LogP contribution in [0.2, 0.25) is 0 Å². The molecule has 2 aromatic heterocycles. The van der Waals surface area contributed by atoms with Crippen LogP contribution >= 0.6 is 0 Å². The second-order valence-corrected chi connectivity index (χ2v) is 10.3. The zero-order valence-electron chi connectivity index (χ0n) is 20.7. The zero-order valence-corrected chi connectivity index (χ0v) is 20.7. The number of pyridine rings is 1. The van der Waals surface area contributed by atoms with Crippen LogP contribution in [-0.2, 0) is 6.18 Å². The number of nitrogens with one attached hydrogen (secondary N) is 1. The molecule has 1 amide bonds. The zero-order chi connectivity index (χ0) is 26.4. The largest absolute Gasteiger partial charge is 0.433 e. The number of carbonyl (C=O) groups excluding carboxylic acids is 1. The van der Waals surface area contributed by atoms with Crippen molar-refractivity contribution >= 4 is 17.6 Å². The molecule has 8 nitrogen and oxygen atoms in total. The van der Waals surface area contributed by atoms with Gasteiger partial charge in [-0.1, -0.05) is 25.0 Å². The van der Waals surface area contributed by atoms with Gasteiger partial charge in [-0.3, -0.25) is 4.79 Å². The van der Waals surface area contributed by atoms with Gasteiger partial charge in [0.1, 0.15) is 5.69 Å². The Morgan fingerprint density at radius 3 is 2.61 bits per heavy atom. The molecule has 2 saturated heterocycles. The number of fused-ring (bicyclic) bond motifs is 2. The molecule has 3 N–H and O–H groups in total. The molecule has 3 fully saturated rings. The van der Waals surface area contributed by atoms with Crippen molar-refractivity contribution in [3.05, 3.63) is 60.0 Å². The van der Waals surface area contributed by atoms with Crippen LogP contribution < -0.4 is 20.9 Å². The Labute approximate surface area is 218 Å². The van der Waals surface area contributed by atoms with Crippen molar-refractivity contribution in [2.75, 3.05) is 22.9 Å². The maximum atomic E-state index is 13.0. The Balaban J connectivity index is 1.26. The van der Waals surface area contributed by atoms with E-state index >= 15 is 0 Å². The number of halogens is 3. The molecule has 6 rings (SSSR count). The van der Waals surface area contributed by atoms with E-state index in [1.807, 2.05) is 6.07 Å². The summed E-state index contributed by atoms with van der Waals surface area (Å²) in [6, 6.07) is 10.8. The molecular weight excluding hydrogens is 497 g/mol. The maximum Gasteiger partial charge on any atom is 0.433 e. The number of nitrogens with zero attached hydrogens (tertiary/aromatic N) is 4. The summed E-state index contributed by atoms with van der Waals surface area (Å²) in [5.74, 6) is 0.0652. The number of rotatable bonds is 4. The van der Waals surface area contributed by atoms with E-state index in [-0.39, 0.29) is 24.2 Å². The van der Waals surface area contributed by atoms with Crippen LogP contribution in [-0.4, -0.2) is 53.1 Å². The number of benzene rings is 1. The van der Waals surface area contributed by atoms with Crippen LogP contribution in [0.5, 0.6) is 0 Å². The molecular formula is C27H29F3N6O2. The third-order valence-corrected chi connectivity index (χ3v) is 8.00. The van der Waals surface area contributed by atoms with Gasteiger partial charge in [0.2, 0.25) is 5.91 Å². The minimum absolute atomic E-state index is 0.0823. The molecule has 4 heterocycles. The highest BCUT2D eigenvalue weighted by molar-refractivity contribution is 5.93. The number of piperidine rings is 1. The highest BCUT2D eigenvalue weighted by Gasteiger charge is 2.47. The SMILES string of the molecule is NC(=O)c1cccc(-c2cnc(N3C4CCCCC4NC4CN(c5ccc(C(F)(F)F)nc5)CCC43)o2)c1. The monoisotopic (exact) mass is 526 g/mol. The normalized spacial score (nSPS) is 25.6. The van der Waals surface area contributed by atoms with E-state index in [2.05, 4.69) is 25.1 Å². The number of alkyl halides is 3. The third-order valence-electron chi connectivity index (χ3n) is 8.00. The second kappa shape index (κ2) is 9.61. The van der Waals surface area contributed by atoms with Crippen LogP contribution in [0, 0.1) is 0 Å². The molecule has 0 spiro atoms. The lowest BCUT2D eigenvalue weighted by molar-refractivity contribution is -0.141. The van der Waals surface area contributed by atoms with E-state index in [0.29, 0.717) is 36.1 Å². The fraction of sp³-hybridized carbons (Fsp3) is 0.444. The summed E-state index contributed by atoms with van der Waals surface area (Å²) in [6.07, 6.45) is 3.68. The number of primary amides is 1. The molecule has 3 aliphatic rings. The second-order valence-electron chi connectivity index (χ2n) is 10.3. The Morgan fingerprint density at radius 2 is 1.84 bits per heavy atom. The number of piperazine rings is 1. The first-order valence-corrected chi connectivity index (χ1v) is 13.0.